The Morgan fingerprint density at radius 2 is 1.33 bits per heavy atom. The Bertz CT molecular complexity index is 41.6. The first-order chi connectivity index (χ1) is 4.41. The minimum absolute atomic E-state index is 0.592. The lowest BCUT2D eigenvalue weighted by Crippen LogP contribution is -2.11. The summed E-state index contributed by atoms with van der Waals surface area (Å²) in [5, 5.41) is 0. The number of hydrogen-bond acceptors (Lipinski definition) is 0. The molecule has 0 radical (unpaired) electrons. The smallest absolute Gasteiger partial charge is 0.00492 e. The molecule has 0 aromatic carbocycles. The average molecular weight is 176 g/mol. The molecule has 0 fully saturated rings. The zero-order valence-corrected chi connectivity index (χ0v) is 11.2. The lowest BCUT2D eigenvalue weighted by Gasteiger charge is -1.93. The normalized spacial score (nSPS) is 14.0. The second kappa shape index (κ2) is 8.65. The van der Waals surface area contributed by atoms with Crippen molar-refractivity contribution in [3.05, 3.63) is 0 Å². The van der Waals surface area contributed by atoms with Crippen molar-refractivity contribution in [3.63, 3.8) is 0 Å². The molecule has 0 spiro atoms. The zero-order valence-electron chi connectivity index (χ0n) is 6.95. The van der Waals surface area contributed by atoms with Crippen molar-refractivity contribution in [3.8, 4) is 0 Å². The quantitative estimate of drug-likeness (QED) is 0.394. The topological polar surface area (TPSA) is 0 Å². The van der Waals surface area contributed by atoms with Crippen molar-refractivity contribution in [1.82, 2.24) is 0 Å². The van der Waals surface area contributed by atoms with Gasteiger partial charge in [-0.15, -0.1) is 0 Å². The molecular formula is C6H20Si3. The van der Waals surface area contributed by atoms with Crippen LogP contribution in [0.1, 0.15) is 26.7 Å². The third-order valence-corrected chi connectivity index (χ3v) is 20.1. The zero-order chi connectivity index (χ0) is 6.95. The van der Waals surface area contributed by atoms with Crippen LogP contribution < -0.4 is 0 Å². The molecule has 0 bridgehead atoms. The molecule has 0 amide bonds. The van der Waals surface area contributed by atoms with Crippen molar-refractivity contribution >= 4 is 26.6 Å². The predicted molar refractivity (Wildman–Crippen MR) is 55.8 cm³/mol. The fraction of sp³-hybridized carbons (Fsp3) is 1.00. The Balaban J connectivity index is 2.60. The van der Waals surface area contributed by atoms with Gasteiger partial charge in [0.15, 0.2) is 0 Å². The molecule has 0 atom stereocenters. The summed E-state index contributed by atoms with van der Waals surface area (Å²) in [7, 11) is 1.85. The average Bonchev–Trinajstić information content (AvgIpc) is 1.89. The van der Waals surface area contributed by atoms with E-state index in [-0.39, 0.29) is 0 Å². The van der Waals surface area contributed by atoms with Crippen LogP contribution in [0.3, 0.4) is 0 Å². The highest BCUT2D eigenvalue weighted by molar-refractivity contribution is 7.29. The first-order valence-electron chi connectivity index (χ1n) is 4.41. The van der Waals surface area contributed by atoms with E-state index in [1.54, 1.807) is 12.1 Å². The van der Waals surface area contributed by atoms with Gasteiger partial charge in [-0.2, -0.15) is 0 Å². The van der Waals surface area contributed by atoms with Crippen molar-refractivity contribution in [2.45, 2.75) is 38.8 Å². The van der Waals surface area contributed by atoms with Gasteiger partial charge in [0, 0.05) is 18.1 Å². The standard InChI is InChI=1S/C6H20Si3/c1-3-5-7-9-8-6-4-2/h3-9H2,1-2H3. The monoisotopic (exact) mass is 176 g/mol. The lowest BCUT2D eigenvalue weighted by molar-refractivity contribution is 1.08. The molecule has 0 aromatic rings. The first kappa shape index (κ1) is 9.65. The van der Waals surface area contributed by atoms with Gasteiger partial charge in [0.1, 0.15) is 0 Å². The molecule has 0 nitrogen and oxygen atoms in total. The molecular weight excluding hydrogens is 156 g/mol. The molecule has 0 rings (SSSR count). The van der Waals surface area contributed by atoms with Crippen molar-refractivity contribution in [2.24, 2.45) is 0 Å². The van der Waals surface area contributed by atoms with E-state index >= 15 is 0 Å². The maximum atomic E-state index is 2.34. The summed E-state index contributed by atoms with van der Waals surface area (Å²) in [6.45, 7) is 4.67. The third kappa shape index (κ3) is 8.65. The van der Waals surface area contributed by atoms with Crippen LogP contribution in [0.25, 0.3) is 0 Å². The van der Waals surface area contributed by atoms with Gasteiger partial charge >= 0.3 is 0 Å². The van der Waals surface area contributed by atoms with Crippen LogP contribution in [-0.4, -0.2) is 26.6 Å². The third-order valence-electron chi connectivity index (χ3n) is 1.71. The van der Waals surface area contributed by atoms with E-state index in [1.165, 1.54) is 12.8 Å². The second-order valence-electron chi connectivity index (χ2n) is 2.77. The minimum Gasteiger partial charge on any atom is -0.0657 e. The molecule has 0 aliphatic heterocycles. The molecule has 0 heterocycles. The van der Waals surface area contributed by atoms with E-state index in [1.807, 2.05) is 0 Å². The van der Waals surface area contributed by atoms with Gasteiger partial charge in [0.05, 0.1) is 0 Å². The van der Waals surface area contributed by atoms with Crippen LogP contribution in [0.15, 0.2) is 0 Å². The van der Waals surface area contributed by atoms with E-state index < -0.39 is 0 Å². The molecule has 3 heteroatoms. The maximum Gasteiger partial charge on any atom is 0.00492 e. The number of hydrogen-bond donors (Lipinski definition) is 0. The highest BCUT2D eigenvalue weighted by Gasteiger charge is 1.88. The summed E-state index contributed by atoms with van der Waals surface area (Å²) >= 11 is 0. The Labute approximate surface area is 65.9 Å². The molecule has 0 aromatic heterocycles. The molecule has 9 heavy (non-hydrogen) atoms. The summed E-state index contributed by atoms with van der Waals surface area (Å²) in [6, 6.07) is 3.34. The minimum atomic E-state index is 0.592. The summed E-state index contributed by atoms with van der Waals surface area (Å²) < 4.78 is 0. The molecule has 0 saturated carbocycles. The van der Waals surface area contributed by atoms with Crippen molar-refractivity contribution < 1.29 is 0 Å². The van der Waals surface area contributed by atoms with Gasteiger partial charge in [0.25, 0.3) is 0 Å². The van der Waals surface area contributed by atoms with E-state index in [0.717, 1.165) is 0 Å². The highest BCUT2D eigenvalue weighted by Crippen LogP contribution is 1.86. The summed E-state index contributed by atoms with van der Waals surface area (Å²) in [4.78, 5) is 0. The van der Waals surface area contributed by atoms with Gasteiger partial charge < -0.3 is 0 Å². The van der Waals surface area contributed by atoms with Crippen LogP contribution >= 0.6 is 0 Å². The first-order valence-corrected chi connectivity index (χ1v) is 14.4. The van der Waals surface area contributed by atoms with Gasteiger partial charge in [-0.3, -0.25) is 0 Å². The molecule has 56 valence electrons. The second-order valence-corrected chi connectivity index (χ2v) is 19.0. The van der Waals surface area contributed by atoms with E-state index in [0.29, 0.717) is 26.6 Å². The lowest BCUT2D eigenvalue weighted by atomic mass is 10.6. The largest absolute Gasteiger partial charge is 0.0657 e. The Hall–Kier alpha value is 0.651. The fourth-order valence-corrected chi connectivity index (χ4v) is 18.8. The van der Waals surface area contributed by atoms with Crippen molar-refractivity contribution in [1.29, 1.82) is 0 Å². The van der Waals surface area contributed by atoms with Crippen LogP contribution in [-0.2, 0) is 0 Å². The van der Waals surface area contributed by atoms with E-state index in [2.05, 4.69) is 13.8 Å². The van der Waals surface area contributed by atoms with Crippen LogP contribution in [0.4, 0.5) is 0 Å². The van der Waals surface area contributed by atoms with Gasteiger partial charge in [-0.1, -0.05) is 38.8 Å². The molecule has 0 aliphatic rings. The molecule has 0 saturated heterocycles. The highest BCUT2D eigenvalue weighted by atomic mass is 29.5. The van der Waals surface area contributed by atoms with Crippen LogP contribution in [0, 0.1) is 0 Å². The van der Waals surface area contributed by atoms with Crippen LogP contribution in [0.5, 0.6) is 0 Å². The van der Waals surface area contributed by atoms with Gasteiger partial charge in [-0.25, -0.2) is 0 Å². The van der Waals surface area contributed by atoms with E-state index in [4.69, 9.17) is 0 Å². The van der Waals surface area contributed by atoms with Crippen molar-refractivity contribution in [2.75, 3.05) is 0 Å². The van der Waals surface area contributed by atoms with Gasteiger partial charge in [0.2, 0.25) is 0 Å². The fourth-order valence-electron chi connectivity index (χ4n) is 1.03. The molecule has 0 N–H and O–H groups in total. The Kier molecular flexibility index (Phi) is 9.28. The predicted octanol–water partition coefficient (Wildman–Crippen LogP) is -0.0206. The maximum absolute atomic E-state index is 2.34. The van der Waals surface area contributed by atoms with Gasteiger partial charge in [-0.05, 0) is 8.55 Å². The van der Waals surface area contributed by atoms with E-state index in [9.17, 15) is 0 Å². The van der Waals surface area contributed by atoms with Crippen LogP contribution in [0.2, 0.25) is 12.1 Å². The molecule has 0 aliphatic carbocycles. The number of rotatable bonds is 6. The Morgan fingerprint density at radius 3 is 1.67 bits per heavy atom. The summed E-state index contributed by atoms with van der Waals surface area (Å²) in [6.07, 6.45) is 2.97. The summed E-state index contributed by atoms with van der Waals surface area (Å²) in [5.74, 6) is 0. The molecule has 0 unspecified atom stereocenters. The Morgan fingerprint density at radius 1 is 0.889 bits per heavy atom. The summed E-state index contributed by atoms with van der Waals surface area (Å²) in [5.41, 5.74) is 0. The SMILES string of the molecule is CCC[SiH2][SiH2][SiH2]CCC.